The number of halogens is 5. The Labute approximate surface area is 240 Å². The highest BCUT2D eigenvalue weighted by atomic mass is 35.5. The SMILES string of the molecule is CNC(=O)c1cc(Oc2ccc(NC(=O)Nc3ccc(Cl)c(C(F)(F)F)c3)c(F)c2)ccn1.O=C(O)CCCC(=O)O. The van der Waals surface area contributed by atoms with Crippen LogP contribution in [0.1, 0.15) is 35.3 Å². The number of hydrogen-bond acceptors (Lipinski definition) is 6. The molecule has 3 amide bonds. The van der Waals surface area contributed by atoms with E-state index in [1.807, 2.05) is 0 Å². The van der Waals surface area contributed by atoms with Gasteiger partial charge in [-0.1, -0.05) is 11.6 Å². The number of alkyl halides is 3. The van der Waals surface area contributed by atoms with E-state index in [-0.39, 0.29) is 47.8 Å². The number of carboxylic acid groups (broad SMARTS) is 2. The van der Waals surface area contributed by atoms with E-state index in [0.717, 1.165) is 12.1 Å². The van der Waals surface area contributed by atoms with Crippen molar-refractivity contribution in [3.05, 3.63) is 76.8 Å². The normalized spacial score (nSPS) is 10.5. The first-order valence-electron chi connectivity index (χ1n) is 11.7. The van der Waals surface area contributed by atoms with E-state index in [9.17, 15) is 36.7 Å². The Hall–Kier alpha value is -4.92. The van der Waals surface area contributed by atoms with Crippen LogP contribution >= 0.6 is 11.6 Å². The fourth-order valence-electron chi connectivity index (χ4n) is 3.02. The lowest BCUT2D eigenvalue weighted by Crippen LogP contribution is -2.20. The van der Waals surface area contributed by atoms with Crippen molar-refractivity contribution in [2.45, 2.75) is 25.4 Å². The summed E-state index contributed by atoms with van der Waals surface area (Å²) in [7, 11) is 1.44. The maximum Gasteiger partial charge on any atom is 0.417 e. The molecule has 3 rings (SSSR count). The second-order valence-electron chi connectivity index (χ2n) is 8.11. The third-order valence-electron chi connectivity index (χ3n) is 4.93. The van der Waals surface area contributed by atoms with Gasteiger partial charge in [-0.15, -0.1) is 0 Å². The average molecular weight is 615 g/mol. The molecule has 11 nitrogen and oxygen atoms in total. The Bertz CT molecular complexity index is 1440. The number of nitrogens with zero attached hydrogens (tertiary/aromatic N) is 1. The minimum atomic E-state index is -4.71. The summed E-state index contributed by atoms with van der Waals surface area (Å²) in [5.41, 5.74) is -1.45. The van der Waals surface area contributed by atoms with Crippen LogP contribution in [0.25, 0.3) is 0 Å². The van der Waals surface area contributed by atoms with Gasteiger partial charge in [0, 0.05) is 43.9 Å². The maximum atomic E-state index is 14.4. The van der Waals surface area contributed by atoms with Gasteiger partial charge >= 0.3 is 24.1 Å². The van der Waals surface area contributed by atoms with Crippen LogP contribution < -0.4 is 20.7 Å². The summed E-state index contributed by atoms with van der Waals surface area (Å²) in [6.45, 7) is 0. The van der Waals surface area contributed by atoms with Gasteiger partial charge in [0.1, 0.15) is 23.0 Å². The summed E-state index contributed by atoms with van der Waals surface area (Å²) in [5, 5.41) is 22.3. The van der Waals surface area contributed by atoms with Crippen LogP contribution in [0.15, 0.2) is 54.7 Å². The smallest absolute Gasteiger partial charge is 0.417 e. The zero-order chi connectivity index (χ0) is 31.4. The van der Waals surface area contributed by atoms with Crippen molar-refractivity contribution in [3.63, 3.8) is 0 Å². The molecule has 3 aromatic rings. The minimum absolute atomic E-state index is 0.0632. The van der Waals surface area contributed by atoms with E-state index < -0.39 is 46.5 Å². The molecule has 0 saturated heterocycles. The number of carbonyl (C=O) groups is 4. The van der Waals surface area contributed by atoms with Crippen molar-refractivity contribution in [2.24, 2.45) is 0 Å². The monoisotopic (exact) mass is 614 g/mol. The summed E-state index contributed by atoms with van der Waals surface area (Å²) >= 11 is 5.54. The molecule has 0 fully saturated rings. The Balaban J connectivity index is 0.000000592. The van der Waals surface area contributed by atoms with Crippen LogP contribution in [0.2, 0.25) is 5.02 Å². The number of rotatable bonds is 9. The lowest BCUT2D eigenvalue weighted by Gasteiger charge is -2.13. The van der Waals surface area contributed by atoms with E-state index in [1.165, 1.54) is 43.6 Å². The lowest BCUT2D eigenvalue weighted by atomic mass is 10.2. The Morgan fingerprint density at radius 1 is 0.929 bits per heavy atom. The summed E-state index contributed by atoms with van der Waals surface area (Å²) < 4.78 is 58.7. The fourth-order valence-corrected chi connectivity index (χ4v) is 3.24. The van der Waals surface area contributed by atoms with Crippen molar-refractivity contribution < 1.29 is 51.7 Å². The lowest BCUT2D eigenvalue weighted by molar-refractivity contribution is -0.139. The van der Waals surface area contributed by atoms with Crippen molar-refractivity contribution >= 4 is 46.9 Å². The summed E-state index contributed by atoms with van der Waals surface area (Å²) in [5.74, 6) is -2.90. The molecule has 0 aliphatic carbocycles. The molecule has 1 heterocycles. The number of ether oxygens (including phenoxy) is 1. The van der Waals surface area contributed by atoms with Crippen LogP contribution in [0, 0.1) is 5.82 Å². The molecule has 224 valence electrons. The van der Waals surface area contributed by atoms with Crippen LogP contribution in [-0.4, -0.2) is 46.1 Å². The van der Waals surface area contributed by atoms with Gasteiger partial charge in [-0.25, -0.2) is 9.18 Å². The van der Waals surface area contributed by atoms with Crippen LogP contribution in [-0.2, 0) is 15.8 Å². The van der Waals surface area contributed by atoms with E-state index >= 15 is 0 Å². The van der Waals surface area contributed by atoms with Crippen LogP contribution in [0.3, 0.4) is 0 Å². The molecule has 0 unspecified atom stereocenters. The van der Waals surface area contributed by atoms with Crippen LogP contribution in [0.5, 0.6) is 11.5 Å². The molecule has 0 saturated carbocycles. The number of hydrogen-bond donors (Lipinski definition) is 5. The molecule has 1 aromatic heterocycles. The number of amides is 3. The van der Waals surface area contributed by atoms with E-state index in [1.54, 1.807) is 0 Å². The molecule has 5 N–H and O–H groups in total. The van der Waals surface area contributed by atoms with Crippen molar-refractivity contribution in [3.8, 4) is 11.5 Å². The number of aliphatic carboxylic acids is 2. The molecule has 16 heteroatoms. The second kappa shape index (κ2) is 15.2. The number of pyridine rings is 1. The van der Waals surface area contributed by atoms with E-state index in [2.05, 4.69) is 20.9 Å². The standard InChI is InChI=1S/C21H15ClF4N4O3.C5H8O4/c1-27-19(31)18-10-13(6-7-28-18)33-12-3-5-17(16(23)9-12)30-20(32)29-11-2-4-15(22)14(8-11)21(24,25)26;6-4(7)2-1-3-5(8)9/h2-10H,1H3,(H,27,31)(H2,29,30,32);1-3H2,(H,6,7)(H,8,9). The third-order valence-corrected chi connectivity index (χ3v) is 5.26. The molecule has 0 radical (unpaired) electrons. The van der Waals surface area contributed by atoms with Crippen LogP contribution in [0.4, 0.5) is 33.7 Å². The molecule has 0 spiro atoms. The number of carboxylic acids is 2. The highest BCUT2D eigenvalue weighted by Crippen LogP contribution is 2.36. The van der Waals surface area contributed by atoms with E-state index in [0.29, 0.717) is 6.07 Å². The van der Waals surface area contributed by atoms with Crippen molar-refractivity contribution in [1.29, 1.82) is 0 Å². The number of urea groups is 1. The molecule has 0 aliphatic heterocycles. The predicted octanol–water partition coefficient (Wildman–Crippen LogP) is 6.01. The van der Waals surface area contributed by atoms with Gasteiger partial charge in [-0.05, 0) is 42.8 Å². The first kappa shape index (κ1) is 33.3. The van der Waals surface area contributed by atoms with Gasteiger partial charge in [-0.3, -0.25) is 19.4 Å². The average Bonchev–Trinajstić information content (AvgIpc) is 2.90. The molecular weight excluding hydrogens is 592 g/mol. The Morgan fingerprint density at radius 2 is 1.57 bits per heavy atom. The summed E-state index contributed by atoms with van der Waals surface area (Å²) in [6, 6.07) is 8.21. The van der Waals surface area contributed by atoms with Gasteiger partial charge in [0.25, 0.3) is 5.91 Å². The van der Waals surface area contributed by atoms with Gasteiger partial charge in [0.15, 0.2) is 0 Å². The largest absolute Gasteiger partial charge is 0.481 e. The fraction of sp³-hybridized carbons (Fsp3) is 0.192. The number of carbonyl (C=O) groups excluding carboxylic acids is 2. The second-order valence-corrected chi connectivity index (χ2v) is 8.52. The molecule has 0 bridgehead atoms. The van der Waals surface area contributed by atoms with Gasteiger partial charge in [-0.2, -0.15) is 13.2 Å². The Kier molecular flexibility index (Phi) is 12.0. The summed E-state index contributed by atoms with van der Waals surface area (Å²) in [6.07, 6.45) is -3.27. The molecule has 2 aromatic carbocycles. The highest BCUT2D eigenvalue weighted by molar-refractivity contribution is 6.31. The molecule has 42 heavy (non-hydrogen) atoms. The number of anilines is 2. The molecule has 0 aliphatic rings. The van der Waals surface area contributed by atoms with E-state index in [4.69, 9.17) is 26.6 Å². The Morgan fingerprint density at radius 3 is 2.14 bits per heavy atom. The topological polar surface area (TPSA) is 167 Å². The maximum absolute atomic E-state index is 14.4. The van der Waals surface area contributed by atoms with Gasteiger partial charge < -0.3 is 30.9 Å². The number of nitrogens with one attached hydrogen (secondary N) is 3. The molecule has 0 atom stereocenters. The minimum Gasteiger partial charge on any atom is -0.481 e. The molecular formula is C26H23ClF4N4O7. The summed E-state index contributed by atoms with van der Waals surface area (Å²) in [4.78, 5) is 47.2. The third kappa shape index (κ3) is 10.9. The number of benzene rings is 2. The highest BCUT2D eigenvalue weighted by Gasteiger charge is 2.33. The van der Waals surface area contributed by atoms with Gasteiger partial charge in [0.2, 0.25) is 0 Å². The van der Waals surface area contributed by atoms with Crippen molar-refractivity contribution in [1.82, 2.24) is 10.3 Å². The zero-order valence-electron chi connectivity index (χ0n) is 21.6. The quantitative estimate of drug-likeness (QED) is 0.183. The van der Waals surface area contributed by atoms with Gasteiger partial charge in [0.05, 0.1) is 16.3 Å². The zero-order valence-corrected chi connectivity index (χ0v) is 22.3. The number of aromatic nitrogens is 1. The first-order valence-corrected chi connectivity index (χ1v) is 12.1. The van der Waals surface area contributed by atoms with Crippen molar-refractivity contribution in [2.75, 3.05) is 17.7 Å². The predicted molar refractivity (Wildman–Crippen MR) is 142 cm³/mol. The first-order chi connectivity index (χ1) is 19.7.